The second-order valence-corrected chi connectivity index (χ2v) is 7.72. The van der Waals surface area contributed by atoms with Crippen LogP contribution in [0.15, 0.2) is 29.2 Å². The minimum Gasteiger partial charge on any atom is -0.480 e. The van der Waals surface area contributed by atoms with Crippen molar-refractivity contribution >= 4 is 27.8 Å². The highest BCUT2D eigenvalue weighted by atomic mass is 32.2. The molecule has 118 valence electrons. The van der Waals surface area contributed by atoms with Gasteiger partial charge in [-0.2, -0.15) is 16.5 Å². The zero-order valence-corrected chi connectivity index (χ0v) is 14.0. The zero-order chi connectivity index (χ0) is 16.0. The number of hydrogen-bond acceptors (Lipinski definition) is 4. The van der Waals surface area contributed by atoms with E-state index in [1.165, 1.54) is 23.9 Å². The molecule has 1 rings (SSSR count). The zero-order valence-electron chi connectivity index (χ0n) is 12.4. The quantitative estimate of drug-likeness (QED) is 0.763. The molecule has 0 saturated carbocycles. The number of carboxylic acids is 1. The van der Waals surface area contributed by atoms with E-state index in [1.807, 2.05) is 20.1 Å². The molecule has 0 bridgehead atoms. The number of rotatable bonds is 8. The smallest absolute Gasteiger partial charge is 0.321 e. The van der Waals surface area contributed by atoms with Crippen molar-refractivity contribution in [2.45, 2.75) is 37.1 Å². The number of nitrogens with one attached hydrogen (secondary N) is 1. The monoisotopic (exact) mass is 331 g/mol. The Kier molecular flexibility index (Phi) is 6.70. The number of carbonyl (C=O) groups is 1. The van der Waals surface area contributed by atoms with Gasteiger partial charge in [0.05, 0.1) is 4.90 Å². The molecule has 1 atom stereocenters. The van der Waals surface area contributed by atoms with E-state index < -0.39 is 22.0 Å². The fourth-order valence-corrected chi connectivity index (χ4v) is 3.45. The molecule has 0 aliphatic heterocycles. The maximum atomic E-state index is 12.2. The van der Waals surface area contributed by atoms with Gasteiger partial charge in [-0.25, -0.2) is 8.42 Å². The predicted molar refractivity (Wildman–Crippen MR) is 85.3 cm³/mol. The second-order valence-electron chi connectivity index (χ2n) is 5.02. The van der Waals surface area contributed by atoms with Crippen LogP contribution in [0.25, 0.3) is 0 Å². The molecule has 0 aromatic heterocycles. The summed E-state index contributed by atoms with van der Waals surface area (Å²) in [5, 5.41) is 9.09. The summed E-state index contributed by atoms with van der Waals surface area (Å²) in [4.78, 5) is 11.2. The molecular weight excluding hydrogens is 310 g/mol. The van der Waals surface area contributed by atoms with E-state index in [2.05, 4.69) is 4.72 Å². The van der Waals surface area contributed by atoms with E-state index in [9.17, 15) is 13.2 Å². The van der Waals surface area contributed by atoms with Crippen molar-refractivity contribution in [3.8, 4) is 0 Å². The van der Waals surface area contributed by atoms with Gasteiger partial charge in [-0.15, -0.1) is 0 Å². The lowest BCUT2D eigenvalue weighted by molar-refractivity contribution is -0.139. The van der Waals surface area contributed by atoms with Crippen LogP contribution < -0.4 is 4.72 Å². The van der Waals surface area contributed by atoms with Crippen LogP contribution in [0.5, 0.6) is 0 Å². The molecule has 0 fully saturated rings. The van der Waals surface area contributed by atoms with Gasteiger partial charge < -0.3 is 5.11 Å². The lowest BCUT2D eigenvalue weighted by Crippen LogP contribution is -2.41. The van der Waals surface area contributed by atoms with E-state index in [4.69, 9.17) is 5.11 Å². The second kappa shape index (κ2) is 7.82. The molecule has 0 amide bonds. The van der Waals surface area contributed by atoms with E-state index in [0.717, 1.165) is 5.56 Å². The summed E-state index contributed by atoms with van der Waals surface area (Å²) >= 11 is 1.48. The fraction of sp³-hybridized carbons (Fsp3) is 0.500. The van der Waals surface area contributed by atoms with Crippen molar-refractivity contribution in [3.05, 3.63) is 29.8 Å². The van der Waals surface area contributed by atoms with Crippen LogP contribution in [0.1, 0.15) is 31.7 Å². The fourth-order valence-electron chi connectivity index (χ4n) is 1.76. The normalized spacial score (nSPS) is 13.3. The van der Waals surface area contributed by atoms with Crippen molar-refractivity contribution in [3.63, 3.8) is 0 Å². The Morgan fingerprint density at radius 2 is 1.86 bits per heavy atom. The standard InChI is InChI=1S/C14H21NO4S2/c1-10(2)11-4-6-12(7-5-11)21(18,19)15-13(14(16)17)8-9-20-3/h4-7,10,13,15H,8-9H2,1-3H3,(H,16,17)/t13-/m0/s1. The van der Waals surface area contributed by atoms with E-state index in [0.29, 0.717) is 11.7 Å². The van der Waals surface area contributed by atoms with E-state index >= 15 is 0 Å². The largest absolute Gasteiger partial charge is 0.480 e. The molecule has 0 aliphatic carbocycles. The van der Waals surface area contributed by atoms with Crippen molar-refractivity contribution < 1.29 is 18.3 Å². The van der Waals surface area contributed by atoms with Crippen molar-refractivity contribution in [2.75, 3.05) is 12.0 Å². The van der Waals surface area contributed by atoms with Crippen LogP contribution in [0.2, 0.25) is 0 Å². The first-order valence-corrected chi connectivity index (χ1v) is 9.49. The molecule has 0 heterocycles. The number of thioether (sulfide) groups is 1. The lowest BCUT2D eigenvalue weighted by Gasteiger charge is -2.15. The molecule has 7 heteroatoms. The maximum absolute atomic E-state index is 12.2. The summed E-state index contributed by atoms with van der Waals surface area (Å²) in [6.07, 6.45) is 2.10. The molecule has 21 heavy (non-hydrogen) atoms. The van der Waals surface area contributed by atoms with Gasteiger partial charge in [0.15, 0.2) is 0 Å². The minimum atomic E-state index is -3.82. The van der Waals surface area contributed by atoms with E-state index in [-0.39, 0.29) is 11.3 Å². The Balaban J connectivity index is 2.91. The third-order valence-corrected chi connectivity index (χ3v) is 5.19. The van der Waals surface area contributed by atoms with Crippen LogP contribution in [0, 0.1) is 0 Å². The molecular formula is C14H21NO4S2. The van der Waals surface area contributed by atoms with Gasteiger partial charge in [0.2, 0.25) is 10.0 Å². The number of aliphatic carboxylic acids is 1. The first-order valence-electron chi connectivity index (χ1n) is 6.62. The van der Waals surface area contributed by atoms with Crippen LogP contribution in [0.4, 0.5) is 0 Å². The number of sulfonamides is 1. The van der Waals surface area contributed by atoms with Gasteiger partial charge in [0.25, 0.3) is 0 Å². The summed E-state index contributed by atoms with van der Waals surface area (Å²) in [5.41, 5.74) is 1.03. The highest BCUT2D eigenvalue weighted by Crippen LogP contribution is 2.17. The van der Waals surface area contributed by atoms with Gasteiger partial charge in [0, 0.05) is 0 Å². The Hall–Kier alpha value is -1.05. The highest BCUT2D eigenvalue weighted by Gasteiger charge is 2.24. The summed E-state index contributed by atoms with van der Waals surface area (Å²) < 4.78 is 26.7. The highest BCUT2D eigenvalue weighted by molar-refractivity contribution is 7.98. The molecule has 1 aromatic carbocycles. The number of benzene rings is 1. The summed E-state index contributed by atoms with van der Waals surface area (Å²) in [6, 6.07) is 5.40. The molecule has 2 N–H and O–H groups in total. The van der Waals surface area contributed by atoms with Gasteiger partial charge >= 0.3 is 5.97 Å². The third kappa shape index (κ3) is 5.33. The van der Waals surface area contributed by atoms with Crippen molar-refractivity contribution in [2.24, 2.45) is 0 Å². The Bertz CT molecular complexity index is 567. The van der Waals surface area contributed by atoms with Crippen molar-refractivity contribution in [1.82, 2.24) is 4.72 Å². The van der Waals surface area contributed by atoms with Gasteiger partial charge in [-0.1, -0.05) is 26.0 Å². The lowest BCUT2D eigenvalue weighted by atomic mass is 10.0. The van der Waals surface area contributed by atoms with Crippen LogP contribution in [-0.2, 0) is 14.8 Å². The molecule has 0 unspecified atom stereocenters. The molecule has 1 aromatic rings. The van der Waals surface area contributed by atoms with Gasteiger partial charge in [-0.05, 0) is 42.0 Å². The van der Waals surface area contributed by atoms with Gasteiger partial charge in [0.1, 0.15) is 6.04 Å². The summed E-state index contributed by atoms with van der Waals surface area (Å²) in [5.74, 6) is -0.277. The predicted octanol–water partition coefficient (Wildman–Crippen LogP) is 2.29. The van der Waals surface area contributed by atoms with Crippen molar-refractivity contribution in [1.29, 1.82) is 0 Å². The van der Waals surface area contributed by atoms with Crippen LogP contribution >= 0.6 is 11.8 Å². The molecule has 0 radical (unpaired) electrons. The first-order chi connectivity index (χ1) is 9.77. The molecule has 5 nitrogen and oxygen atoms in total. The molecule has 0 saturated heterocycles. The van der Waals surface area contributed by atoms with Crippen LogP contribution in [-0.4, -0.2) is 37.5 Å². The minimum absolute atomic E-state index is 0.0855. The Labute approximate surface area is 130 Å². The SMILES string of the molecule is CSCC[C@H](NS(=O)(=O)c1ccc(C(C)C)cc1)C(=O)O. The summed E-state index contributed by atoms with van der Waals surface area (Å²) in [7, 11) is -3.82. The molecule has 0 aliphatic rings. The Morgan fingerprint density at radius 3 is 2.29 bits per heavy atom. The first kappa shape index (κ1) is 18.0. The average molecular weight is 331 g/mol. The molecule has 0 spiro atoms. The Morgan fingerprint density at radius 1 is 1.29 bits per heavy atom. The number of hydrogen-bond donors (Lipinski definition) is 2. The topological polar surface area (TPSA) is 83.5 Å². The number of carboxylic acid groups (broad SMARTS) is 1. The van der Waals surface area contributed by atoms with Gasteiger partial charge in [-0.3, -0.25) is 4.79 Å². The average Bonchev–Trinajstić information content (AvgIpc) is 2.43. The van der Waals surface area contributed by atoms with Crippen LogP contribution in [0.3, 0.4) is 0 Å². The third-order valence-electron chi connectivity index (χ3n) is 3.06. The maximum Gasteiger partial charge on any atom is 0.321 e. The summed E-state index contributed by atoms with van der Waals surface area (Å²) in [6.45, 7) is 4.04. The van der Waals surface area contributed by atoms with E-state index in [1.54, 1.807) is 12.1 Å².